The van der Waals surface area contributed by atoms with Crippen molar-refractivity contribution in [2.45, 2.75) is 6.54 Å². The first kappa shape index (κ1) is 29.0. The lowest BCUT2D eigenvalue weighted by atomic mass is 10.1. The van der Waals surface area contributed by atoms with Crippen molar-refractivity contribution >= 4 is 28.9 Å². The molecule has 1 aromatic heterocycles. The number of fused-ring (bicyclic) bond motifs is 1. The first-order valence-electron chi connectivity index (χ1n) is 12.3. The third-order valence-electron chi connectivity index (χ3n) is 6.44. The van der Waals surface area contributed by atoms with Gasteiger partial charge in [-0.05, 0) is 17.7 Å². The molecule has 0 unspecified atom stereocenters. The van der Waals surface area contributed by atoms with E-state index in [1.807, 2.05) is 6.07 Å². The van der Waals surface area contributed by atoms with Crippen LogP contribution in [0.5, 0.6) is 5.75 Å². The number of hydrogen-bond donors (Lipinski definition) is 3. The Bertz CT molecular complexity index is 1150. The Kier molecular flexibility index (Phi) is 10.6. The number of rotatable bonds is 9. The topological polar surface area (TPSA) is 164 Å². The zero-order chi connectivity index (χ0) is 27.7. The molecule has 13 nitrogen and oxygen atoms in total. The predicted octanol–water partition coefficient (Wildman–Crippen LogP) is -0.223. The minimum absolute atomic E-state index is 0.197. The minimum atomic E-state index is -1.00. The zero-order valence-electron chi connectivity index (χ0n) is 21.4. The maximum absolute atomic E-state index is 12.3. The van der Waals surface area contributed by atoms with Gasteiger partial charge < -0.3 is 24.5 Å². The number of carboxylic acid groups (broad SMARTS) is 3. The predicted molar refractivity (Wildman–Crippen MR) is 137 cm³/mol. The fraction of sp³-hybridized carbons (Fsp3) is 0.520. The number of nitrogens with zero attached hydrogens (tertiary/aromatic N) is 4. The van der Waals surface area contributed by atoms with Gasteiger partial charge in [-0.25, -0.2) is 4.79 Å². The molecule has 1 aliphatic heterocycles. The largest absolute Gasteiger partial charge is 0.497 e. The number of carboxylic acids is 3. The van der Waals surface area contributed by atoms with Crippen LogP contribution in [-0.2, 0) is 20.9 Å². The fourth-order valence-electron chi connectivity index (χ4n) is 4.49. The van der Waals surface area contributed by atoms with E-state index >= 15 is 0 Å². The van der Waals surface area contributed by atoms with E-state index in [1.165, 1.54) is 13.2 Å². The highest BCUT2D eigenvalue weighted by Crippen LogP contribution is 2.23. The first-order valence-corrected chi connectivity index (χ1v) is 12.3. The molecule has 0 spiro atoms. The van der Waals surface area contributed by atoms with Crippen LogP contribution in [-0.4, -0.2) is 132 Å². The van der Waals surface area contributed by atoms with Gasteiger partial charge in [-0.2, -0.15) is 0 Å². The van der Waals surface area contributed by atoms with Crippen molar-refractivity contribution in [1.82, 2.24) is 19.6 Å². The molecule has 0 amide bonds. The molecular weight excluding hydrogens is 500 g/mol. The summed E-state index contributed by atoms with van der Waals surface area (Å²) in [5, 5.41) is 28.8. The molecule has 1 fully saturated rings. The smallest absolute Gasteiger partial charge is 0.336 e. The summed E-state index contributed by atoms with van der Waals surface area (Å²) < 4.78 is 10.6. The van der Waals surface area contributed by atoms with Crippen molar-refractivity contribution in [2.24, 2.45) is 0 Å². The highest BCUT2D eigenvalue weighted by atomic mass is 16.5. The van der Waals surface area contributed by atoms with Gasteiger partial charge in [0.15, 0.2) is 0 Å². The van der Waals surface area contributed by atoms with Crippen molar-refractivity contribution in [3.63, 3.8) is 0 Å². The zero-order valence-corrected chi connectivity index (χ0v) is 21.4. The third-order valence-corrected chi connectivity index (χ3v) is 6.44. The van der Waals surface area contributed by atoms with Crippen LogP contribution >= 0.6 is 0 Å². The summed E-state index contributed by atoms with van der Waals surface area (Å²) in [6.07, 6.45) is 0. The van der Waals surface area contributed by atoms with E-state index in [9.17, 15) is 34.5 Å². The molecule has 0 radical (unpaired) electrons. The van der Waals surface area contributed by atoms with E-state index in [0.29, 0.717) is 70.2 Å². The Labute approximate surface area is 219 Å². The first-order chi connectivity index (χ1) is 18.1. The Hall–Kier alpha value is -3.52. The van der Waals surface area contributed by atoms with Crippen LogP contribution in [0.25, 0.3) is 11.0 Å². The third kappa shape index (κ3) is 9.10. The van der Waals surface area contributed by atoms with Crippen LogP contribution in [0.1, 0.15) is 5.56 Å². The Morgan fingerprint density at radius 1 is 0.763 bits per heavy atom. The molecule has 2 heterocycles. The molecule has 3 N–H and O–H groups in total. The molecule has 0 aliphatic carbocycles. The van der Waals surface area contributed by atoms with E-state index in [0.717, 1.165) is 10.9 Å². The van der Waals surface area contributed by atoms with E-state index in [4.69, 9.17) is 9.15 Å². The van der Waals surface area contributed by atoms with Crippen LogP contribution in [0.3, 0.4) is 0 Å². The van der Waals surface area contributed by atoms with Gasteiger partial charge in [0.05, 0.1) is 26.7 Å². The van der Waals surface area contributed by atoms with Crippen LogP contribution in [0.4, 0.5) is 0 Å². The molecule has 1 aliphatic rings. The van der Waals surface area contributed by atoms with Crippen molar-refractivity contribution in [1.29, 1.82) is 0 Å². The SMILES string of the molecule is COc1ccc2c(CN3CCN(CC(=O)O)CCN(CC(=O)O)CCN(CC(=O)O)CC3)cc(=O)oc2c1. The number of ether oxygens (including phenoxy) is 1. The number of benzene rings is 1. The summed E-state index contributed by atoms with van der Waals surface area (Å²) in [7, 11) is 1.52. The highest BCUT2D eigenvalue weighted by molar-refractivity contribution is 5.81. The van der Waals surface area contributed by atoms with E-state index in [1.54, 1.807) is 26.8 Å². The van der Waals surface area contributed by atoms with Gasteiger partial charge in [-0.3, -0.25) is 34.0 Å². The van der Waals surface area contributed by atoms with Crippen molar-refractivity contribution in [3.8, 4) is 5.75 Å². The molecule has 1 aromatic carbocycles. The second-order valence-electron chi connectivity index (χ2n) is 9.24. The normalized spacial score (nSPS) is 17.5. The molecule has 208 valence electrons. The maximum Gasteiger partial charge on any atom is 0.336 e. The summed E-state index contributed by atoms with van der Waals surface area (Å²) in [6.45, 7) is 2.75. The van der Waals surface area contributed by atoms with Crippen molar-refractivity contribution in [2.75, 3.05) is 79.1 Å². The van der Waals surface area contributed by atoms with E-state index in [-0.39, 0.29) is 19.6 Å². The second kappa shape index (κ2) is 13.9. The fourth-order valence-corrected chi connectivity index (χ4v) is 4.49. The van der Waals surface area contributed by atoms with Gasteiger partial charge in [-0.15, -0.1) is 0 Å². The van der Waals surface area contributed by atoms with Crippen LogP contribution in [0, 0.1) is 0 Å². The lowest BCUT2D eigenvalue weighted by Gasteiger charge is -2.33. The minimum Gasteiger partial charge on any atom is -0.497 e. The molecular formula is C25H34N4O9. The van der Waals surface area contributed by atoms with Gasteiger partial charge in [0.25, 0.3) is 0 Å². The van der Waals surface area contributed by atoms with E-state index in [2.05, 4.69) is 4.90 Å². The standard InChI is InChI=1S/C25H34N4O9/c1-37-19-2-3-20-18(12-25(36)38-21(20)13-19)14-26-4-6-27(15-22(30)31)8-10-29(17-24(34)35)11-9-28(7-5-26)16-23(32)33/h2-3,12-13H,4-11,14-17H2,1H3,(H,30,31)(H,32,33)(H,34,35). The Balaban J connectivity index is 1.86. The van der Waals surface area contributed by atoms with Crippen LogP contribution < -0.4 is 10.4 Å². The summed E-state index contributed by atoms with van der Waals surface area (Å²) in [4.78, 5) is 53.8. The van der Waals surface area contributed by atoms with Crippen molar-refractivity contribution in [3.05, 3.63) is 40.2 Å². The number of aliphatic carboxylic acids is 3. The second-order valence-corrected chi connectivity index (χ2v) is 9.24. The average Bonchev–Trinajstić information content (AvgIpc) is 2.84. The summed E-state index contributed by atoms with van der Waals surface area (Å²) in [5.74, 6) is -2.42. The Morgan fingerprint density at radius 2 is 1.21 bits per heavy atom. The maximum atomic E-state index is 12.3. The Morgan fingerprint density at radius 3 is 1.63 bits per heavy atom. The molecule has 3 rings (SSSR count). The summed E-state index contributed by atoms with van der Waals surface area (Å²) in [5.41, 5.74) is 0.613. The lowest BCUT2D eigenvalue weighted by molar-refractivity contribution is -0.140. The number of hydrogen-bond acceptors (Lipinski definition) is 10. The van der Waals surface area contributed by atoms with Gasteiger partial charge in [0, 0.05) is 76.4 Å². The van der Waals surface area contributed by atoms with Gasteiger partial charge in [0.2, 0.25) is 0 Å². The molecule has 13 heteroatoms. The molecule has 38 heavy (non-hydrogen) atoms. The molecule has 2 aromatic rings. The average molecular weight is 535 g/mol. The summed E-state index contributed by atoms with van der Waals surface area (Å²) >= 11 is 0. The van der Waals surface area contributed by atoms with Crippen LogP contribution in [0.2, 0.25) is 0 Å². The van der Waals surface area contributed by atoms with Gasteiger partial charge in [0.1, 0.15) is 11.3 Å². The quantitative estimate of drug-likeness (QED) is 0.362. The number of carbonyl (C=O) groups is 3. The molecule has 0 saturated carbocycles. The molecule has 0 bridgehead atoms. The van der Waals surface area contributed by atoms with Crippen molar-refractivity contribution < 1.29 is 38.9 Å². The number of methoxy groups -OCH3 is 1. The molecule has 0 atom stereocenters. The van der Waals surface area contributed by atoms with E-state index < -0.39 is 23.5 Å². The summed E-state index contributed by atoms with van der Waals surface area (Å²) in [6, 6.07) is 6.66. The van der Waals surface area contributed by atoms with Gasteiger partial charge in [-0.1, -0.05) is 0 Å². The monoisotopic (exact) mass is 534 g/mol. The molecule has 1 saturated heterocycles. The van der Waals surface area contributed by atoms with Gasteiger partial charge >= 0.3 is 23.5 Å². The lowest BCUT2D eigenvalue weighted by Crippen LogP contribution is -2.48. The highest BCUT2D eigenvalue weighted by Gasteiger charge is 2.21. The van der Waals surface area contributed by atoms with Crippen LogP contribution in [0.15, 0.2) is 33.5 Å².